The zero-order valence-electron chi connectivity index (χ0n) is 31.9. The van der Waals surface area contributed by atoms with Gasteiger partial charge < -0.3 is 14.7 Å². The van der Waals surface area contributed by atoms with Crippen LogP contribution >= 0.6 is 0 Å². The van der Waals surface area contributed by atoms with E-state index in [9.17, 15) is 0 Å². The largest absolute Gasteiger partial charge is 0.311 e. The van der Waals surface area contributed by atoms with Gasteiger partial charge in [0.1, 0.15) is 0 Å². The zero-order chi connectivity index (χ0) is 38.4. The van der Waals surface area contributed by atoms with Crippen molar-refractivity contribution in [1.29, 1.82) is 0 Å². The third kappa shape index (κ3) is 5.69. The number of hydrogen-bond acceptors (Lipinski definition) is 3. The summed E-state index contributed by atoms with van der Waals surface area (Å²) in [6.07, 6.45) is 0. The van der Waals surface area contributed by atoms with Gasteiger partial charge in [-0.3, -0.25) is 0 Å². The predicted molar refractivity (Wildman–Crippen MR) is 246 cm³/mol. The molecular weight excluding hydrogens is 701 g/mol. The van der Waals surface area contributed by atoms with Gasteiger partial charge >= 0.3 is 0 Å². The molecule has 0 unspecified atom stereocenters. The van der Waals surface area contributed by atoms with Crippen LogP contribution in [-0.2, 0) is 0 Å². The van der Waals surface area contributed by atoms with Crippen molar-refractivity contribution in [3.63, 3.8) is 0 Å². The van der Waals surface area contributed by atoms with Crippen molar-refractivity contribution in [1.82, 2.24) is 0 Å². The Kier molecular flexibility index (Phi) is 8.26. The molecule has 2 aliphatic heterocycles. The van der Waals surface area contributed by atoms with E-state index in [1.165, 1.54) is 61.4 Å². The molecule has 0 fully saturated rings. The van der Waals surface area contributed by atoms with E-state index < -0.39 is 0 Å². The van der Waals surface area contributed by atoms with Crippen molar-refractivity contribution in [2.24, 2.45) is 0 Å². The molecule has 0 aliphatic carbocycles. The second kappa shape index (κ2) is 14.2. The van der Waals surface area contributed by atoms with Crippen molar-refractivity contribution in [2.75, 3.05) is 14.7 Å². The molecule has 0 N–H and O–H groups in total. The lowest BCUT2D eigenvalue weighted by Gasteiger charge is -2.44. The molecule has 4 heteroatoms. The number of para-hydroxylation sites is 3. The highest BCUT2D eigenvalue weighted by Gasteiger charge is 2.43. The molecule has 0 saturated heterocycles. The van der Waals surface area contributed by atoms with E-state index in [-0.39, 0.29) is 6.71 Å². The van der Waals surface area contributed by atoms with Crippen LogP contribution in [0.15, 0.2) is 231 Å². The maximum absolute atomic E-state index is 2.47. The molecule has 2 heterocycles. The highest BCUT2D eigenvalue weighted by atomic mass is 15.2. The van der Waals surface area contributed by atoms with E-state index in [1.807, 2.05) is 0 Å². The molecule has 2 aliphatic rings. The number of hydrogen-bond donors (Lipinski definition) is 0. The first-order chi connectivity index (χ1) is 28.8. The molecule has 11 rings (SSSR count). The Balaban J connectivity index is 1.11. The summed E-state index contributed by atoms with van der Waals surface area (Å²) in [4.78, 5) is 7.30. The Morgan fingerprint density at radius 1 is 0.293 bits per heavy atom. The van der Waals surface area contributed by atoms with Crippen LogP contribution in [0.2, 0.25) is 0 Å². The summed E-state index contributed by atoms with van der Waals surface area (Å²) >= 11 is 0. The van der Waals surface area contributed by atoms with Crippen LogP contribution in [0, 0.1) is 0 Å². The van der Waals surface area contributed by atoms with Gasteiger partial charge in [-0.1, -0.05) is 152 Å². The molecule has 0 aromatic heterocycles. The van der Waals surface area contributed by atoms with Crippen molar-refractivity contribution < 1.29 is 0 Å². The molecular formula is C54H38BN3. The molecule has 9 aromatic rings. The second-order valence-electron chi connectivity index (χ2n) is 14.9. The smallest absolute Gasteiger partial charge is 0.252 e. The molecule has 0 spiro atoms. The van der Waals surface area contributed by atoms with E-state index in [1.54, 1.807) is 0 Å². The number of rotatable bonds is 7. The molecule has 0 atom stereocenters. The van der Waals surface area contributed by atoms with Gasteiger partial charge in [-0.15, -0.1) is 0 Å². The van der Waals surface area contributed by atoms with E-state index in [2.05, 4.69) is 245 Å². The Hall–Kier alpha value is -7.56. The highest BCUT2D eigenvalue weighted by molar-refractivity contribution is 7.00. The fraction of sp³-hybridized carbons (Fsp3) is 0. The monoisotopic (exact) mass is 739 g/mol. The lowest BCUT2D eigenvalue weighted by molar-refractivity contribution is 1.24. The molecule has 0 radical (unpaired) electrons. The van der Waals surface area contributed by atoms with Gasteiger partial charge in [0, 0.05) is 51.2 Å². The van der Waals surface area contributed by atoms with Crippen molar-refractivity contribution >= 4 is 74.3 Å². The standard InChI is InChI=1S/C54H38BN3/c1-5-16-39(17-6-1)41-28-32-45(33-29-41)56(46-34-30-42(31-35-46)40-18-7-2-8-19-40)47-36-37-49-53(38-47)58(44-22-11-4-12-23-44)52-27-15-26-51-54(52)55(49)48-24-13-14-25-50(48)57(51)43-20-9-3-10-21-43/h1-38H. The number of benzene rings is 9. The van der Waals surface area contributed by atoms with Crippen molar-refractivity contribution in [2.45, 2.75) is 0 Å². The first-order valence-electron chi connectivity index (χ1n) is 20.0. The third-order valence-corrected chi connectivity index (χ3v) is 11.6. The van der Waals surface area contributed by atoms with Crippen LogP contribution in [0.5, 0.6) is 0 Å². The third-order valence-electron chi connectivity index (χ3n) is 11.6. The Bertz CT molecular complexity index is 2800. The summed E-state index contributed by atoms with van der Waals surface area (Å²) in [6.45, 7) is 0.0511. The van der Waals surface area contributed by atoms with Crippen LogP contribution < -0.4 is 31.1 Å². The van der Waals surface area contributed by atoms with Crippen molar-refractivity contribution in [3.8, 4) is 22.3 Å². The summed E-state index contributed by atoms with van der Waals surface area (Å²) in [6, 6.07) is 83.6. The van der Waals surface area contributed by atoms with E-state index in [4.69, 9.17) is 0 Å². The van der Waals surface area contributed by atoms with Gasteiger partial charge in [0.15, 0.2) is 0 Å². The van der Waals surface area contributed by atoms with Gasteiger partial charge in [0.2, 0.25) is 0 Å². The summed E-state index contributed by atoms with van der Waals surface area (Å²) in [5.74, 6) is 0. The topological polar surface area (TPSA) is 9.72 Å². The molecule has 58 heavy (non-hydrogen) atoms. The van der Waals surface area contributed by atoms with Crippen LogP contribution in [0.25, 0.3) is 22.3 Å². The van der Waals surface area contributed by atoms with E-state index in [0.717, 1.165) is 28.4 Å². The average Bonchev–Trinajstić information content (AvgIpc) is 3.30. The van der Waals surface area contributed by atoms with Crippen LogP contribution in [0.1, 0.15) is 0 Å². The van der Waals surface area contributed by atoms with Crippen LogP contribution in [0.3, 0.4) is 0 Å². The SMILES string of the molecule is c1ccc(-c2ccc(N(c3ccc(-c4ccccc4)cc3)c3ccc4c(c3)N(c3ccccc3)c3cccc5c3B4c3ccccc3N5c3ccccc3)cc2)cc1. The number of fused-ring (bicyclic) bond motifs is 4. The van der Waals surface area contributed by atoms with Gasteiger partial charge in [-0.25, -0.2) is 0 Å². The van der Waals surface area contributed by atoms with Crippen LogP contribution in [0.4, 0.5) is 51.2 Å². The minimum atomic E-state index is 0.0511. The van der Waals surface area contributed by atoms with Crippen LogP contribution in [-0.4, -0.2) is 6.71 Å². The minimum Gasteiger partial charge on any atom is -0.311 e. The summed E-state index contributed by atoms with van der Waals surface area (Å²) < 4.78 is 0. The first-order valence-corrected chi connectivity index (χ1v) is 20.0. The lowest BCUT2D eigenvalue weighted by atomic mass is 9.33. The molecule has 0 amide bonds. The molecule has 3 nitrogen and oxygen atoms in total. The maximum atomic E-state index is 2.47. The molecule has 9 aromatic carbocycles. The fourth-order valence-electron chi connectivity index (χ4n) is 9.03. The molecule has 0 saturated carbocycles. The number of nitrogens with zero attached hydrogens (tertiary/aromatic N) is 3. The predicted octanol–water partition coefficient (Wildman–Crippen LogP) is 12.6. The van der Waals surface area contributed by atoms with Gasteiger partial charge in [0.25, 0.3) is 6.71 Å². The fourth-order valence-corrected chi connectivity index (χ4v) is 9.03. The van der Waals surface area contributed by atoms with Crippen molar-refractivity contribution in [3.05, 3.63) is 231 Å². The lowest BCUT2D eigenvalue weighted by Crippen LogP contribution is -2.61. The minimum absolute atomic E-state index is 0.0511. The summed E-state index contributed by atoms with van der Waals surface area (Å²) in [7, 11) is 0. The summed E-state index contributed by atoms with van der Waals surface area (Å²) in [5.41, 5.74) is 19.1. The molecule has 0 bridgehead atoms. The maximum Gasteiger partial charge on any atom is 0.252 e. The summed E-state index contributed by atoms with van der Waals surface area (Å²) in [5, 5.41) is 0. The van der Waals surface area contributed by atoms with E-state index >= 15 is 0 Å². The Labute approximate surface area is 340 Å². The quantitative estimate of drug-likeness (QED) is 0.151. The average molecular weight is 740 g/mol. The molecule has 272 valence electrons. The normalized spacial score (nSPS) is 12.4. The van der Waals surface area contributed by atoms with Gasteiger partial charge in [0.05, 0.1) is 0 Å². The highest BCUT2D eigenvalue weighted by Crippen LogP contribution is 2.46. The first kappa shape index (κ1) is 33.8. The number of anilines is 9. The van der Waals surface area contributed by atoms with Gasteiger partial charge in [-0.2, -0.15) is 0 Å². The van der Waals surface area contributed by atoms with E-state index in [0.29, 0.717) is 0 Å². The van der Waals surface area contributed by atoms with Gasteiger partial charge in [-0.05, 0) is 118 Å². The Morgan fingerprint density at radius 2 is 0.690 bits per heavy atom. The Morgan fingerprint density at radius 3 is 1.22 bits per heavy atom. The zero-order valence-corrected chi connectivity index (χ0v) is 31.9. The second-order valence-corrected chi connectivity index (χ2v) is 14.9.